The highest BCUT2D eigenvalue weighted by atomic mass is 79.9. The lowest BCUT2D eigenvalue weighted by molar-refractivity contribution is 0.0956. The second-order valence-corrected chi connectivity index (χ2v) is 8.89. The molecule has 0 fully saturated rings. The van der Waals surface area contributed by atoms with E-state index in [0.717, 1.165) is 11.3 Å². The van der Waals surface area contributed by atoms with Gasteiger partial charge in [-0.3, -0.25) is 9.59 Å². The summed E-state index contributed by atoms with van der Waals surface area (Å²) in [5.41, 5.74) is 5.11. The van der Waals surface area contributed by atoms with Crippen molar-refractivity contribution in [1.29, 1.82) is 0 Å². The van der Waals surface area contributed by atoms with Gasteiger partial charge in [0.2, 0.25) is 0 Å². The number of rotatable bonds is 9. The largest absolute Gasteiger partial charge is 0.396 e. The van der Waals surface area contributed by atoms with Gasteiger partial charge in [-0.05, 0) is 53.6 Å². The van der Waals surface area contributed by atoms with Crippen molar-refractivity contribution in [3.8, 4) is 0 Å². The molecule has 0 bridgehead atoms. The molecule has 0 aromatic heterocycles. The number of hydrazone groups is 1. The molecule has 9 heteroatoms. The number of halogens is 2. The highest BCUT2D eigenvalue weighted by Crippen LogP contribution is 2.22. The Morgan fingerprint density at radius 3 is 2.45 bits per heavy atom. The summed E-state index contributed by atoms with van der Waals surface area (Å²) in [4.78, 5) is 25.4. The normalized spacial score (nSPS) is 10.9. The summed E-state index contributed by atoms with van der Waals surface area (Å²) in [7, 11) is 0. The van der Waals surface area contributed by atoms with Crippen LogP contribution in [0, 0.1) is 5.82 Å². The third-order valence-corrected chi connectivity index (χ3v) is 5.95. The van der Waals surface area contributed by atoms with E-state index in [1.54, 1.807) is 42.1 Å². The van der Waals surface area contributed by atoms with Crippen molar-refractivity contribution in [3.63, 3.8) is 0 Å². The van der Waals surface area contributed by atoms with Crippen molar-refractivity contribution in [2.24, 2.45) is 5.10 Å². The molecule has 0 unspecified atom stereocenters. The molecule has 0 aliphatic heterocycles. The molecule has 0 aliphatic carbocycles. The van der Waals surface area contributed by atoms with E-state index in [-0.39, 0.29) is 23.9 Å². The van der Waals surface area contributed by atoms with Crippen LogP contribution >= 0.6 is 27.7 Å². The Morgan fingerprint density at radius 1 is 1.03 bits per heavy atom. The average Bonchev–Trinajstić information content (AvgIpc) is 2.82. The number of aliphatic hydroxyl groups is 1. The molecule has 3 N–H and O–H groups in total. The lowest BCUT2D eigenvalue weighted by Gasteiger charge is -2.11. The van der Waals surface area contributed by atoms with Crippen LogP contribution in [-0.2, 0) is 5.75 Å². The van der Waals surface area contributed by atoms with Crippen molar-refractivity contribution < 1.29 is 19.1 Å². The summed E-state index contributed by atoms with van der Waals surface area (Å²) in [6.45, 7) is 0.131. The number of hydrogen-bond donors (Lipinski definition) is 3. The molecule has 0 radical (unpaired) electrons. The maximum absolute atomic E-state index is 13.0. The van der Waals surface area contributed by atoms with Gasteiger partial charge in [0.25, 0.3) is 11.8 Å². The maximum atomic E-state index is 13.0. The molecule has 0 saturated heterocycles. The topological polar surface area (TPSA) is 90.8 Å². The fourth-order valence-corrected chi connectivity index (χ4v) is 3.85. The van der Waals surface area contributed by atoms with Gasteiger partial charge in [-0.1, -0.05) is 40.2 Å². The summed E-state index contributed by atoms with van der Waals surface area (Å²) in [5, 5.41) is 15.5. The summed E-state index contributed by atoms with van der Waals surface area (Å²) in [5.74, 6) is 0.181. The molecule has 2 amide bonds. The van der Waals surface area contributed by atoms with Crippen LogP contribution in [0.1, 0.15) is 31.8 Å². The number of aliphatic hydroxyl groups excluding tert-OH is 1. The lowest BCUT2D eigenvalue weighted by Crippen LogP contribution is -2.21. The summed E-state index contributed by atoms with van der Waals surface area (Å²) >= 11 is 4.94. The molecule has 3 aromatic carbocycles. The first kappa shape index (κ1) is 24.6. The summed E-state index contributed by atoms with van der Waals surface area (Å²) in [6.07, 6.45) is 1.40. The third kappa shape index (κ3) is 7.52. The van der Waals surface area contributed by atoms with E-state index in [0.29, 0.717) is 27.0 Å². The Morgan fingerprint density at radius 2 is 1.76 bits per heavy atom. The van der Waals surface area contributed by atoms with E-state index in [1.165, 1.54) is 30.5 Å². The van der Waals surface area contributed by atoms with Crippen LogP contribution in [0.5, 0.6) is 0 Å². The molecule has 3 aromatic rings. The second-order valence-electron chi connectivity index (χ2n) is 6.87. The van der Waals surface area contributed by atoms with E-state index in [2.05, 4.69) is 31.8 Å². The van der Waals surface area contributed by atoms with Gasteiger partial charge < -0.3 is 10.4 Å². The minimum Gasteiger partial charge on any atom is -0.396 e. The number of amides is 2. The Bertz CT molecular complexity index is 1140. The van der Waals surface area contributed by atoms with Crippen LogP contribution in [0.3, 0.4) is 0 Å². The molecule has 0 saturated carbocycles. The first-order valence-electron chi connectivity index (χ1n) is 9.93. The molecular weight excluding hydrogens is 509 g/mol. The average molecular weight is 530 g/mol. The molecule has 3 rings (SSSR count). The zero-order chi connectivity index (χ0) is 23.6. The van der Waals surface area contributed by atoms with E-state index >= 15 is 0 Å². The quantitative estimate of drug-likeness (QED) is 0.210. The van der Waals surface area contributed by atoms with Crippen LogP contribution in [0.2, 0.25) is 0 Å². The molecule has 0 atom stereocenters. The zero-order valence-corrected chi connectivity index (χ0v) is 19.8. The molecule has 170 valence electrons. The minimum atomic E-state index is -0.513. The van der Waals surface area contributed by atoms with Gasteiger partial charge in [-0.2, -0.15) is 16.9 Å². The first-order valence-corrected chi connectivity index (χ1v) is 11.9. The second kappa shape index (κ2) is 12.3. The fourth-order valence-electron chi connectivity index (χ4n) is 2.79. The molecule has 0 aliphatic rings. The van der Waals surface area contributed by atoms with Crippen LogP contribution in [0.25, 0.3) is 0 Å². The van der Waals surface area contributed by atoms with Crippen molar-refractivity contribution in [2.45, 2.75) is 5.75 Å². The highest BCUT2D eigenvalue weighted by Gasteiger charge is 2.15. The number of nitrogens with zero attached hydrogens (tertiary/aromatic N) is 1. The maximum Gasteiger partial charge on any atom is 0.273 e. The number of carbonyl (C=O) groups excluding carboxylic acids is 2. The van der Waals surface area contributed by atoms with E-state index in [4.69, 9.17) is 5.11 Å². The number of nitrogens with one attached hydrogen (secondary N) is 2. The number of benzene rings is 3. The van der Waals surface area contributed by atoms with E-state index in [1.807, 2.05) is 12.1 Å². The molecular formula is C24H21BrFN3O3S. The van der Waals surface area contributed by atoms with Crippen molar-refractivity contribution in [1.82, 2.24) is 5.43 Å². The van der Waals surface area contributed by atoms with Crippen molar-refractivity contribution in [3.05, 3.63) is 99.3 Å². The molecule has 0 spiro atoms. The van der Waals surface area contributed by atoms with Crippen LogP contribution in [0.15, 0.2) is 76.3 Å². The van der Waals surface area contributed by atoms with Gasteiger partial charge in [0.15, 0.2) is 0 Å². The van der Waals surface area contributed by atoms with Crippen LogP contribution < -0.4 is 10.7 Å². The fraction of sp³-hybridized carbons (Fsp3) is 0.125. The predicted octanol–water partition coefficient (Wildman–Crippen LogP) is 4.83. The lowest BCUT2D eigenvalue weighted by atomic mass is 10.1. The number of carbonyl (C=O) groups is 2. The van der Waals surface area contributed by atoms with Gasteiger partial charge >= 0.3 is 0 Å². The summed E-state index contributed by atoms with van der Waals surface area (Å²) < 4.78 is 13.7. The molecule has 0 heterocycles. The van der Waals surface area contributed by atoms with Gasteiger partial charge in [0.1, 0.15) is 5.82 Å². The van der Waals surface area contributed by atoms with Crippen molar-refractivity contribution in [2.75, 3.05) is 17.7 Å². The third-order valence-electron chi connectivity index (χ3n) is 4.44. The smallest absolute Gasteiger partial charge is 0.273 e. The monoisotopic (exact) mass is 529 g/mol. The summed E-state index contributed by atoms with van der Waals surface area (Å²) in [6, 6.07) is 17.7. The Balaban J connectivity index is 1.67. The van der Waals surface area contributed by atoms with Gasteiger partial charge in [-0.15, -0.1) is 0 Å². The van der Waals surface area contributed by atoms with Gasteiger partial charge in [0, 0.05) is 21.5 Å². The SMILES string of the molecule is O=C(Nc1ccc(Br)cc1C(=O)NN=Cc1ccc(F)cc1)c1ccc(CSCCO)cc1. The Hall–Kier alpha value is -3.01. The first-order chi connectivity index (χ1) is 16.0. The highest BCUT2D eigenvalue weighted by molar-refractivity contribution is 9.10. The molecule has 33 heavy (non-hydrogen) atoms. The van der Waals surface area contributed by atoms with Gasteiger partial charge in [0.05, 0.1) is 24.1 Å². The number of anilines is 1. The number of hydrogen-bond acceptors (Lipinski definition) is 5. The minimum absolute atomic E-state index is 0.131. The Kier molecular flexibility index (Phi) is 9.17. The Labute approximate surface area is 203 Å². The van der Waals surface area contributed by atoms with Crippen LogP contribution in [-0.4, -0.2) is 35.5 Å². The van der Waals surface area contributed by atoms with Crippen LogP contribution in [0.4, 0.5) is 10.1 Å². The number of thioether (sulfide) groups is 1. The van der Waals surface area contributed by atoms with E-state index < -0.39 is 5.91 Å². The van der Waals surface area contributed by atoms with Gasteiger partial charge in [-0.25, -0.2) is 9.82 Å². The van der Waals surface area contributed by atoms with E-state index in [9.17, 15) is 14.0 Å². The van der Waals surface area contributed by atoms with Crippen molar-refractivity contribution >= 4 is 51.4 Å². The zero-order valence-electron chi connectivity index (χ0n) is 17.4. The predicted molar refractivity (Wildman–Crippen MR) is 133 cm³/mol. The molecule has 6 nitrogen and oxygen atoms in total. The standard InChI is InChI=1S/C24H21BrFN3O3S/c25-19-7-10-22(28-23(31)18-5-1-17(2-6-18)15-33-12-11-30)21(13-19)24(32)29-27-14-16-3-8-20(26)9-4-16/h1-10,13-14,30H,11-12,15H2,(H,28,31)(H,29,32).